The minimum atomic E-state index is -0.664. The van der Waals surface area contributed by atoms with E-state index < -0.39 is 5.92 Å². The van der Waals surface area contributed by atoms with Crippen LogP contribution in [0.5, 0.6) is 0 Å². The number of esters is 1. The molecule has 0 aliphatic carbocycles. The summed E-state index contributed by atoms with van der Waals surface area (Å²) in [6.07, 6.45) is 0.660. The van der Waals surface area contributed by atoms with E-state index in [1.165, 1.54) is 0 Å². The first-order chi connectivity index (χ1) is 9.65. The highest BCUT2D eigenvalue weighted by molar-refractivity contribution is 5.80. The Labute approximate surface area is 118 Å². The summed E-state index contributed by atoms with van der Waals surface area (Å²) in [7, 11) is 0. The van der Waals surface area contributed by atoms with E-state index in [1.807, 2.05) is 38.1 Å². The molecule has 2 aromatic rings. The maximum atomic E-state index is 12.2. The van der Waals surface area contributed by atoms with Crippen LogP contribution in [0.3, 0.4) is 0 Å². The van der Waals surface area contributed by atoms with E-state index in [0.717, 1.165) is 11.1 Å². The Bertz CT molecular complexity index is 592. The van der Waals surface area contributed by atoms with E-state index >= 15 is 0 Å². The molecule has 0 aliphatic rings. The molecule has 1 unspecified atom stereocenters. The first-order valence-corrected chi connectivity index (χ1v) is 6.71. The molecule has 1 atom stereocenters. The van der Waals surface area contributed by atoms with Gasteiger partial charge in [-0.05, 0) is 19.4 Å². The number of benzene rings is 1. The molecule has 0 fully saturated rings. The van der Waals surface area contributed by atoms with Gasteiger partial charge in [0.1, 0.15) is 0 Å². The van der Waals surface area contributed by atoms with Crippen molar-refractivity contribution in [2.75, 3.05) is 6.61 Å². The topological polar surface area (TPSA) is 65.2 Å². The average molecular weight is 274 g/mol. The van der Waals surface area contributed by atoms with Gasteiger partial charge in [-0.25, -0.2) is 0 Å². The molecular weight excluding hydrogens is 256 g/mol. The van der Waals surface area contributed by atoms with Crippen molar-refractivity contribution < 1.29 is 14.1 Å². The molecule has 1 aromatic carbocycles. The zero-order valence-corrected chi connectivity index (χ0v) is 11.9. The van der Waals surface area contributed by atoms with Gasteiger partial charge in [-0.15, -0.1) is 0 Å². The SMILES string of the molecule is CCOC(=O)C(c1cccc(C)c1)c1nc(CC)no1. The van der Waals surface area contributed by atoms with E-state index in [-0.39, 0.29) is 11.9 Å². The lowest BCUT2D eigenvalue weighted by Crippen LogP contribution is -2.18. The van der Waals surface area contributed by atoms with Crippen LogP contribution < -0.4 is 0 Å². The summed E-state index contributed by atoms with van der Waals surface area (Å²) in [5, 5.41) is 3.85. The molecule has 0 saturated heterocycles. The number of hydrogen-bond acceptors (Lipinski definition) is 5. The quantitative estimate of drug-likeness (QED) is 0.784. The van der Waals surface area contributed by atoms with E-state index in [2.05, 4.69) is 10.1 Å². The minimum absolute atomic E-state index is 0.283. The summed E-state index contributed by atoms with van der Waals surface area (Å²) in [4.78, 5) is 16.5. The van der Waals surface area contributed by atoms with Crippen molar-refractivity contribution >= 4 is 5.97 Å². The Morgan fingerprint density at radius 3 is 2.80 bits per heavy atom. The number of carbonyl (C=O) groups excluding carboxylic acids is 1. The summed E-state index contributed by atoms with van der Waals surface area (Å²) >= 11 is 0. The molecule has 0 bridgehead atoms. The predicted octanol–water partition coefficient (Wildman–Crippen LogP) is 2.64. The molecule has 5 heteroatoms. The second-order valence-electron chi connectivity index (χ2n) is 4.50. The molecule has 0 N–H and O–H groups in total. The highest BCUT2D eigenvalue weighted by Gasteiger charge is 2.29. The Morgan fingerprint density at radius 2 is 2.20 bits per heavy atom. The zero-order valence-electron chi connectivity index (χ0n) is 11.9. The van der Waals surface area contributed by atoms with Crippen LogP contribution in [0.1, 0.15) is 42.6 Å². The highest BCUT2D eigenvalue weighted by atomic mass is 16.5. The van der Waals surface area contributed by atoms with Gasteiger partial charge in [0.2, 0.25) is 5.89 Å². The van der Waals surface area contributed by atoms with Crippen LogP contribution in [0.15, 0.2) is 28.8 Å². The number of ether oxygens (including phenoxy) is 1. The van der Waals surface area contributed by atoms with E-state index in [0.29, 0.717) is 18.9 Å². The van der Waals surface area contributed by atoms with Gasteiger partial charge in [0.25, 0.3) is 0 Å². The van der Waals surface area contributed by atoms with Gasteiger partial charge in [-0.1, -0.05) is 41.9 Å². The molecule has 5 nitrogen and oxygen atoms in total. The molecule has 0 spiro atoms. The van der Waals surface area contributed by atoms with Crippen LogP contribution in [0, 0.1) is 6.92 Å². The van der Waals surface area contributed by atoms with Gasteiger partial charge in [0, 0.05) is 6.42 Å². The maximum absolute atomic E-state index is 12.2. The first kappa shape index (κ1) is 14.2. The van der Waals surface area contributed by atoms with E-state index in [9.17, 15) is 4.79 Å². The van der Waals surface area contributed by atoms with Crippen LogP contribution in [0.4, 0.5) is 0 Å². The van der Waals surface area contributed by atoms with Crippen molar-refractivity contribution in [3.05, 3.63) is 47.1 Å². The second-order valence-corrected chi connectivity index (χ2v) is 4.50. The predicted molar refractivity (Wildman–Crippen MR) is 73.3 cm³/mol. The number of rotatable bonds is 5. The number of aryl methyl sites for hydroxylation is 2. The normalized spacial score (nSPS) is 12.2. The lowest BCUT2D eigenvalue weighted by atomic mass is 9.97. The Hall–Kier alpha value is -2.17. The Morgan fingerprint density at radius 1 is 1.40 bits per heavy atom. The second kappa shape index (κ2) is 6.32. The molecule has 20 heavy (non-hydrogen) atoms. The zero-order chi connectivity index (χ0) is 14.5. The van der Waals surface area contributed by atoms with Crippen molar-refractivity contribution in [3.8, 4) is 0 Å². The third-order valence-electron chi connectivity index (χ3n) is 2.94. The molecule has 106 valence electrons. The van der Waals surface area contributed by atoms with E-state index in [1.54, 1.807) is 6.92 Å². The third-order valence-corrected chi connectivity index (χ3v) is 2.94. The standard InChI is InChI=1S/C15H18N2O3/c1-4-12-16-14(20-17-12)13(15(18)19-5-2)11-8-6-7-10(3)9-11/h6-9,13H,4-5H2,1-3H3. The van der Waals surface area contributed by atoms with Gasteiger partial charge >= 0.3 is 5.97 Å². The summed E-state index contributed by atoms with van der Waals surface area (Å²) in [6.45, 7) is 5.99. The molecule has 0 aliphatic heterocycles. The van der Waals surface area contributed by atoms with Crippen molar-refractivity contribution in [1.29, 1.82) is 0 Å². The lowest BCUT2D eigenvalue weighted by molar-refractivity contribution is -0.144. The Kier molecular flexibility index (Phi) is 4.50. The highest BCUT2D eigenvalue weighted by Crippen LogP contribution is 2.25. The number of nitrogens with zero attached hydrogens (tertiary/aromatic N) is 2. The summed E-state index contributed by atoms with van der Waals surface area (Å²) in [5.74, 6) is -0.167. The summed E-state index contributed by atoms with van der Waals surface area (Å²) in [5.41, 5.74) is 1.86. The van der Waals surface area contributed by atoms with Gasteiger partial charge in [-0.3, -0.25) is 4.79 Å². The third kappa shape index (κ3) is 3.04. The monoisotopic (exact) mass is 274 g/mol. The van der Waals surface area contributed by atoms with Crippen LogP contribution in [0.25, 0.3) is 0 Å². The van der Waals surface area contributed by atoms with Crippen LogP contribution >= 0.6 is 0 Å². The average Bonchev–Trinajstić information content (AvgIpc) is 2.88. The molecule has 2 rings (SSSR count). The fourth-order valence-electron chi connectivity index (χ4n) is 1.98. The van der Waals surface area contributed by atoms with Crippen LogP contribution in [-0.2, 0) is 16.0 Å². The molecule has 1 aromatic heterocycles. The largest absolute Gasteiger partial charge is 0.465 e. The van der Waals surface area contributed by atoms with Crippen LogP contribution in [0.2, 0.25) is 0 Å². The number of carbonyl (C=O) groups is 1. The van der Waals surface area contributed by atoms with Crippen LogP contribution in [-0.4, -0.2) is 22.7 Å². The molecule has 0 saturated carbocycles. The maximum Gasteiger partial charge on any atom is 0.323 e. The smallest absolute Gasteiger partial charge is 0.323 e. The fraction of sp³-hybridized carbons (Fsp3) is 0.400. The van der Waals surface area contributed by atoms with E-state index in [4.69, 9.17) is 9.26 Å². The number of aromatic nitrogens is 2. The Balaban J connectivity index is 2.41. The van der Waals surface area contributed by atoms with Crippen molar-refractivity contribution in [1.82, 2.24) is 10.1 Å². The van der Waals surface area contributed by atoms with Gasteiger partial charge < -0.3 is 9.26 Å². The molecule has 0 radical (unpaired) electrons. The summed E-state index contributed by atoms with van der Waals surface area (Å²) in [6, 6.07) is 7.66. The fourth-order valence-corrected chi connectivity index (χ4v) is 1.98. The van der Waals surface area contributed by atoms with Crippen molar-refractivity contribution in [3.63, 3.8) is 0 Å². The summed E-state index contributed by atoms with van der Waals surface area (Å²) < 4.78 is 10.3. The number of hydrogen-bond donors (Lipinski definition) is 0. The van der Waals surface area contributed by atoms with Crippen molar-refractivity contribution in [2.24, 2.45) is 0 Å². The van der Waals surface area contributed by atoms with Gasteiger partial charge in [-0.2, -0.15) is 4.98 Å². The molecular formula is C15H18N2O3. The molecule has 1 heterocycles. The van der Waals surface area contributed by atoms with Gasteiger partial charge in [0.15, 0.2) is 11.7 Å². The minimum Gasteiger partial charge on any atom is -0.465 e. The first-order valence-electron chi connectivity index (χ1n) is 6.71. The lowest BCUT2D eigenvalue weighted by Gasteiger charge is -2.12. The van der Waals surface area contributed by atoms with Crippen molar-refractivity contribution in [2.45, 2.75) is 33.1 Å². The molecule has 0 amide bonds. The van der Waals surface area contributed by atoms with Gasteiger partial charge in [0.05, 0.1) is 6.61 Å².